The minimum absolute atomic E-state index is 0.618. The number of rotatable bonds is 4. The second-order valence-corrected chi connectivity index (χ2v) is 10.7. The molecule has 1 atom stereocenters. The third-order valence-electron chi connectivity index (χ3n) is 3.07. The molecular formula is C16H18ClNOSi. The van der Waals surface area contributed by atoms with Crippen molar-refractivity contribution in [3.05, 3.63) is 58.7 Å². The Labute approximate surface area is 126 Å². The van der Waals surface area contributed by atoms with Crippen LogP contribution in [0.3, 0.4) is 0 Å². The lowest BCUT2D eigenvalue weighted by molar-refractivity contribution is 0.157. The average molecular weight is 304 g/mol. The first kappa shape index (κ1) is 15.1. The maximum absolute atomic E-state index is 9.88. The van der Waals surface area contributed by atoms with Crippen molar-refractivity contribution in [2.75, 3.05) is 0 Å². The van der Waals surface area contributed by atoms with E-state index in [4.69, 9.17) is 16.0 Å². The van der Waals surface area contributed by atoms with Crippen molar-refractivity contribution in [1.82, 2.24) is 0 Å². The number of hydrogen-bond acceptors (Lipinski definition) is 2. The van der Waals surface area contributed by atoms with Gasteiger partial charge < -0.3 is 4.43 Å². The zero-order valence-corrected chi connectivity index (χ0v) is 13.7. The van der Waals surface area contributed by atoms with Gasteiger partial charge in [0.05, 0.1) is 0 Å². The normalized spacial score (nSPS) is 17.4. The molecule has 1 aromatic rings. The number of halogens is 1. The summed E-state index contributed by atoms with van der Waals surface area (Å²) in [5.41, 5.74) is 0.758. The standard InChI is InChI=1S/C16H18ClNOSi/c1-20(2,3)19-16(12-18,13-7-4-5-8-13)14-9-6-10-15(17)11-14/h4-7,9-11H,8H2,1-3H3. The van der Waals surface area contributed by atoms with Gasteiger partial charge in [-0.05, 0) is 43.8 Å². The third-order valence-corrected chi connectivity index (χ3v) is 4.22. The molecule has 1 aliphatic rings. The highest BCUT2D eigenvalue weighted by atomic mass is 35.5. The average Bonchev–Trinajstić information content (AvgIpc) is 2.89. The van der Waals surface area contributed by atoms with Crippen LogP contribution in [-0.4, -0.2) is 8.32 Å². The van der Waals surface area contributed by atoms with Gasteiger partial charge in [-0.1, -0.05) is 42.0 Å². The van der Waals surface area contributed by atoms with E-state index in [9.17, 15) is 5.26 Å². The van der Waals surface area contributed by atoms with E-state index in [1.54, 1.807) is 0 Å². The molecule has 0 heterocycles. The van der Waals surface area contributed by atoms with Crippen molar-refractivity contribution in [2.45, 2.75) is 31.7 Å². The first-order valence-electron chi connectivity index (χ1n) is 6.61. The van der Waals surface area contributed by atoms with E-state index in [2.05, 4.69) is 25.7 Å². The molecule has 0 saturated carbocycles. The molecule has 1 unspecified atom stereocenters. The molecule has 1 aliphatic carbocycles. The van der Waals surface area contributed by atoms with Crippen LogP contribution in [0.2, 0.25) is 24.7 Å². The lowest BCUT2D eigenvalue weighted by Crippen LogP contribution is -2.41. The molecule has 2 rings (SSSR count). The first-order valence-corrected chi connectivity index (χ1v) is 10.4. The summed E-state index contributed by atoms with van der Waals surface area (Å²) in [7, 11) is -1.92. The summed E-state index contributed by atoms with van der Waals surface area (Å²) < 4.78 is 6.31. The van der Waals surface area contributed by atoms with E-state index in [1.165, 1.54) is 0 Å². The van der Waals surface area contributed by atoms with E-state index in [0.29, 0.717) is 5.02 Å². The molecule has 20 heavy (non-hydrogen) atoms. The molecular weight excluding hydrogens is 286 g/mol. The van der Waals surface area contributed by atoms with Gasteiger partial charge in [-0.25, -0.2) is 0 Å². The van der Waals surface area contributed by atoms with Gasteiger partial charge in [0, 0.05) is 10.6 Å². The van der Waals surface area contributed by atoms with Crippen molar-refractivity contribution in [2.24, 2.45) is 0 Å². The van der Waals surface area contributed by atoms with Crippen LogP contribution < -0.4 is 0 Å². The SMILES string of the molecule is C[Si](C)(C)OC(C#N)(C1=CC=CC1)c1cccc(Cl)c1. The molecule has 0 fully saturated rings. The fourth-order valence-electron chi connectivity index (χ4n) is 2.34. The summed E-state index contributed by atoms with van der Waals surface area (Å²) in [6, 6.07) is 9.81. The summed E-state index contributed by atoms with van der Waals surface area (Å²) in [5, 5.41) is 10.5. The molecule has 0 aromatic heterocycles. The van der Waals surface area contributed by atoms with Crippen molar-refractivity contribution in [3.8, 4) is 6.07 Å². The highest BCUT2D eigenvalue weighted by Crippen LogP contribution is 2.40. The number of hydrogen-bond donors (Lipinski definition) is 0. The van der Waals surface area contributed by atoms with Gasteiger partial charge in [0.2, 0.25) is 0 Å². The van der Waals surface area contributed by atoms with Crippen molar-refractivity contribution >= 4 is 19.9 Å². The van der Waals surface area contributed by atoms with E-state index >= 15 is 0 Å². The zero-order chi connectivity index (χ0) is 14.8. The van der Waals surface area contributed by atoms with Crippen molar-refractivity contribution in [1.29, 1.82) is 5.26 Å². The van der Waals surface area contributed by atoms with Crippen LogP contribution >= 0.6 is 11.6 Å². The molecule has 104 valence electrons. The van der Waals surface area contributed by atoms with Crippen LogP contribution in [0.15, 0.2) is 48.1 Å². The molecule has 0 N–H and O–H groups in total. The number of nitriles is 1. The maximum Gasteiger partial charge on any atom is 0.192 e. The number of benzene rings is 1. The summed E-state index contributed by atoms with van der Waals surface area (Å²) in [6.07, 6.45) is 6.73. The smallest absolute Gasteiger partial charge is 0.192 e. The molecule has 0 saturated heterocycles. The predicted octanol–water partition coefficient (Wildman–Crippen LogP) is 4.80. The minimum atomic E-state index is -1.92. The lowest BCUT2D eigenvalue weighted by Gasteiger charge is -2.35. The molecule has 4 heteroatoms. The first-order chi connectivity index (χ1) is 9.37. The zero-order valence-electron chi connectivity index (χ0n) is 12.0. The maximum atomic E-state index is 9.88. The summed E-state index contributed by atoms with van der Waals surface area (Å²) in [5.74, 6) is 0. The number of allylic oxidation sites excluding steroid dienone is 3. The van der Waals surface area contributed by atoms with Gasteiger partial charge in [0.1, 0.15) is 6.07 Å². The van der Waals surface area contributed by atoms with Gasteiger partial charge in [-0.2, -0.15) is 5.26 Å². The van der Waals surface area contributed by atoms with Crippen LogP contribution in [0.25, 0.3) is 0 Å². The van der Waals surface area contributed by atoms with E-state index < -0.39 is 13.9 Å². The van der Waals surface area contributed by atoms with Gasteiger partial charge in [0.15, 0.2) is 13.9 Å². The fourth-order valence-corrected chi connectivity index (χ4v) is 3.75. The Morgan fingerprint density at radius 3 is 2.60 bits per heavy atom. The topological polar surface area (TPSA) is 33.0 Å². The Kier molecular flexibility index (Phi) is 4.19. The highest BCUT2D eigenvalue weighted by Gasteiger charge is 2.41. The van der Waals surface area contributed by atoms with Gasteiger partial charge in [0.25, 0.3) is 0 Å². The van der Waals surface area contributed by atoms with Gasteiger partial charge in [-0.3, -0.25) is 0 Å². The van der Waals surface area contributed by atoms with Crippen LogP contribution in [0.5, 0.6) is 0 Å². The van der Waals surface area contributed by atoms with Crippen LogP contribution in [-0.2, 0) is 10.0 Å². The molecule has 0 radical (unpaired) electrons. The van der Waals surface area contributed by atoms with Crippen LogP contribution in [0, 0.1) is 11.3 Å². The van der Waals surface area contributed by atoms with E-state index in [1.807, 2.05) is 42.5 Å². The molecule has 0 spiro atoms. The third kappa shape index (κ3) is 3.04. The van der Waals surface area contributed by atoms with Crippen molar-refractivity contribution in [3.63, 3.8) is 0 Å². The summed E-state index contributed by atoms with van der Waals surface area (Å²) in [4.78, 5) is 0. The Morgan fingerprint density at radius 1 is 1.35 bits per heavy atom. The van der Waals surface area contributed by atoms with Gasteiger partial charge >= 0.3 is 0 Å². The Bertz CT molecular complexity index is 610. The summed E-state index contributed by atoms with van der Waals surface area (Å²) >= 11 is 6.10. The highest BCUT2D eigenvalue weighted by molar-refractivity contribution is 6.69. The minimum Gasteiger partial charge on any atom is -0.393 e. The van der Waals surface area contributed by atoms with Crippen molar-refractivity contribution < 1.29 is 4.43 Å². The second-order valence-electron chi connectivity index (χ2n) is 5.84. The lowest BCUT2D eigenvalue weighted by atomic mass is 9.87. The van der Waals surface area contributed by atoms with Crippen LogP contribution in [0.4, 0.5) is 0 Å². The molecule has 2 nitrogen and oxygen atoms in total. The van der Waals surface area contributed by atoms with E-state index in [0.717, 1.165) is 17.6 Å². The fraction of sp³-hybridized carbons (Fsp3) is 0.312. The summed E-state index contributed by atoms with van der Waals surface area (Å²) in [6.45, 7) is 6.27. The number of nitrogens with zero attached hydrogens (tertiary/aromatic N) is 1. The Hall–Kier alpha value is -1.34. The monoisotopic (exact) mass is 303 g/mol. The van der Waals surface area contributed by atoms with Crippen LogP contribution in [0.1, 0.15) is 12.0 Å². The Balaban J connectivity index is 2.56. The second kappa shape index (κ2) is 5.57. The predicted molar refractivity (Wildman–Crippen MR) is 85.0 cm³/mol. The van der Waals surface area contributed by atoms with E-state index in [-0.39, 0.29) is 0 Å². The van der Waals surface area contributed by atoms with Gasteiger partial charge in [-0.15, -0.1) is 0 Å². The molecule has 0 aliphatic heterocycles. The molecule has 0 bridgehead atoms. The largest absolute Gasteiger partial charge is 0.393 e. The Morgan fingerprint density at radius 2 is 2.10 bits per heavy atom. The molecule has 0 amide bonds. The quantitative estimate of drug-likeness (QED) is 0.749. The molecule has 1 aromatic carbocycles.